The van der Waals surface area contributed by atoms with E-state index in [2.05, 4.69) is 27.1 Å². The van der Waals surface area contributed by atoms with E-state index in [1.807, 2.05) is 6.20 Å². The number of aromatic nitrogens is 3. The van der Waals surface area contributed by atoms with Gasteiger partial charge in [-0.05, 0) is 36.3 Å². The van der Waals surface area contributed by atoms with E-state index in [1.54, 1.807) is 17.1 Å². The Morgan fingerprint density at radius 3 is 2.57 bits per heavy atom. The maximum atomic E-state index is 10.7. The summed E-state index contributed by atoms with van der Waals surface area (Å²) in [6.45, 7) is 2.98. The summed E-state index contributed by atoms with van der Waals surface area (Å²) in [6, 6.07) is 4.20. The second-order valence-corrected chi connectivity index (χ2v) is 6.12. The molecule has 0 aromatic carbocycles. The van der Waals surface area contributed by atoms with Crippen LogP contribution in [0.5, 0.6) is 0 Å². The fourth-order valence-corrected chi connectivity index (χ4v) is 3.36. The molecule has 2 aromatic heterocycles. The van der Waals surface area contributed by atoms with E-state index in [0.717, 1.165) is 29.5 Å². The molecule has 2 unspecified atom stereocenters. The molecule has 0 spiro atoms. The van der Waals surface area contributed by atoms with Gasteiger partial charge in [0.15, 0.2) is 6.29 Å². The summed E-state index contributed by atoms with van der Waals surface area (Å²) in [5.41, 5.74) is 1.70. The highest BCUT2D eigenvalue weighted by atomic mass is 16.1. The third-order valence-electron chi connectivity index (χ3n) is 4.75. The van der Waals surface area contributed by atoms with Crippen molar-refractivity contribution in [3.8, 4) is 0 Å². The van der Waals surface area contributed by atoms with Gasteiger partial charge in [-0.15, -0.1) is 0 Å². The van der Waals surface area contributed by atoms with Crippen molar-refractivity contribution >= 4 is 12.1 Å². The minimum absolute atomic E-state index is 0.604. The Hall–Kier alpha value is -2.17. The zero-order chi connectivity index (χ0) is 14.2. The lowest BCUT2D eigenvalue weighted by molar-refractivity contribution is 0.112. The van der Waals surface area contributed by atoms with Crippen molar-refractivity contribution < 1.29 is 4.79 Å². The molecule has 1 saturated carbocycles. The molecule has 0 radical (unpaired) electrons. The number of hydrogen-bond donors (Lipinski definition) is 0. The van der Waals surface area contributed by atoms with Gasteiger partial charge in [0, 0.05) is 25.5 Å². The molecule has 1 saturated heterocycles. The summed E-state index contributed by atoms with van der Waals surface area (Å²) in [5.74, 6) is 2.89. The van der Waals surface area contributed by atoms with Gasteiger partial charge in [-0.1, -0.05) is 6.07 Å². The lowest BCUT2D eigenvalue weighted by atomic mass is 9.77. The first-order valence-electron chi connectivity index (χ1n) is 7.49. The van der Waals surface area contributed by atoms with Crippen molar-refractivity contribution in [3.05, 3.63) is 41.9 Å². The van der Waals surface area contributed by atoms with Crippen LogP contribution in [-0.2, 0) is 6.54 Å². The van der Waals surface area contributed by atoms with Crippen molar-refractivity contribution in [3.63, 3.8) is 0 Å². The van der Waals surface area contributed by atoms with Crippen LogP contribution in [0.15, 0.2) is 30.7 Å². The monoisotopic (exact) mass is 282 g/mol. The van der Waals surface area contributed by atoms with Gasteiger partial charge in [-0.2, -0.15) is 5.10 Å². The molecule has 0 amide bonds. The molecule has 5 nitrogen and oxygen atoms in total. The second kappa shape index (κ2) is 4.98. The highest BCUT2D eigenvalue weighted by Gasteiger charge is 2.39. The second-order valence-electron chi connectivity index (χ2n) is 6.12. The highest BCUT2D eigenvalue weighted by Crippen LogP contribution is 2.41. The van der Waals surface area contributed by atoms with Crippen LogP contribution in [0.25, 0.3) is 0 Å². The van der Waals surface area contributed by atoms with Crippen LogP contribution < -0.4 is 4.90 Å². The van der Waals surface area contributed by atoms with E-state index in [-0.39, 0.29) is 0 Å². The van der Waals surface area contributed by atoms with Crippen molar-refractivity contribution in [2.24, 2.45) is 11.8 Å². The van der Waals surface area contributed by atoms with Gasteiger partial charge >= 0.3 is 0 Å². The summed E-state index contributed by atoms with van der Waals surface area (Å²) in [5, 5.41) is 4.16. The number of carbonyl (C=O) groups is 1. The fraction of sp³-hybridized carbons (Fsp3) is 0.438. The number of nitrogens with zero attached hydrogens (tertiary/aromatic N) is 4. The molecule has 21 heavy (non-hydrogen) atoms. The fourth-order valence-electron chi connectivity index (χ4n) is 3.36. The number of fused-ring (bicyclic) bond motifs is 1. The smallest absolute Gasteiger partial charge is 0.153 e. The number of carbonyl (C=O) groups excluding carboxylic acids is 1. The molecule has 2 aliphatic rings. The van der Waals surface area contributed by atoms with E-state index < -0.39 is 0 Å². The largest absolute Gasteiger partial charge is 0.356 e. The van der Waals surface area contributed by atoms with Gasteiger partial charge in [-0.25, -0.2) is 4.98 Å². The number of aldehydes is 1. The molecular formula is C16H18N4O. The predicted molar refractivity (Wildman–Crippen MR) is 79.4 cm³/mol. The third kappa shape index (κ3) is 2.33. The SMILES string of the molecule is O=Cc1cnn(Cc2ccc(N3CC4CCC4C3)nc2)c1. The first-order chi connectivity index (χ1) is 10.3. The first kappa shape index (κ1) is 12.6. The highest BCUT2D eigenvalue weighted by molar-refractivity contribution is 5.73. The van der Waals surface area contributed by atoms with Crippen LogP contribution in [0.2, 0.25) is 0 Å². The topological polar surface area (TPSA) is 51.0 Å². The summed E-state index contributed by atoms with van der Waals surface area (Å²) in [7, 11) is 0. The average molecular weight is 282 g/mol. The summed E-state index contributed by atoms with van der Waals surface area (Å²) in [6.07, 6.45) is 8.83. The van der Waals surface area contributed by atoms with E-state index >= 15 is 0 Å². The van der Waals surface area contributed by atoms with Crippen LogP contribution in [0.4, 0.5) is 5.82 Å². The molecule has 0 bridgehead atoms. The Labute approximate surface area is 123 Å². The van der Waals surface area contributed by atoms with Gasteiger partial charge in [0.2, 0.25) is 0 Å². The van der Waals surface area contributed by atoms with Gasteiger partial charge in [0.1, 0.15) is 5.82 Å². The summed E-state index contributed by atoms with van der Waals surface area (Å²) >= 11 is 0. The zero-order valence-corrected chi connectivity index (χ0v) is 11.9. The zero-order valence-electron chi connectivity index (χ0n) is 11.9. The number of rotatable bonds is 4. The standard InChI is InChI=1S/C16H18N4O/c21-11-13-6-18-20(8-13)7-12-1-4-16(17-5-12)19-9-14-2-3-15(14)10-19/h1,4-6,8,11,14-15H,2-3,7,9-10H2. The van der Waals surface area contributed by atoms with Crippen LogP contribution in [0.1, 0.15) is 28.8 Å². The van der Waals surface area contributed by atoms with E-state index in [1.165, 1.54) is 25.9 Å². The Kier molecular flexibility index (Phi) is 2.98. The van der Waals surface area contributed by atoms with Gasteiger partial charge in [-0.3, -0.25) is 9.48 Å². The van der Waals surface area contributed by atoms with Crippen molar-refractivity contribution in [1.29, 1.82) is 0 Å². The van der Waals surface area contributed by atoms with Crippen molar-refractivity contribution in [2.75, 3.05) is 18.0 Å². The number of anilines is 1. The summed E-state index contributed by atoms with van der Waals surface area (Å²) in [4.78, 5) is 17.7. The summed E-state index contributed by atoms with van der Waals surface area (Å²) < 4.78 is 1.76. The van der Waals surface area contributed by atoms with Crippen LogP contribution in [-0.4, -0.2) is 34.1 Å². The van der Waals surface area contributed by atoms with Gasteiger partial charge < -0.3 is 4.90 Å². The number of pyridine rings is 1. The maximum absolute atomic E-state index is 10.7. The van der Waals surface area contributed by atoms with Crippen LogP contribution >= 0.6 is 0 Å². The molecular weight excluding hydrogens is 264 g/mol. The Morgan fingerprint density at radius 1 is 1.19 bits per heavy atom. The first-order valence-corrected chi connectivity index (χ1v) is 7.49. The van der Waals surface area contributed by atoms with E-state index in [9.17, 15) is 4.79 Å². The maximum Gasteiger partial charge on any atom is 0.153 e. The van der Waals surface area contributed by atoms with Crippen molar-refractivity contribution in [1.82, 2.24) is 14.8 Å². The molecule has 2 atom stereocenters. The molecule has 5 heteroatoms. The van der Waals surface area contributed by atoms with Crippen LogP contribution in [0.3, 0.4) is 0 Å². The van der Waals surface area contributed by atoms with Gasteiger partial charge in [0.25, 0.3) is 0 Å². The molecule has 4 rings (SSSR count). The molecule has 0 N–H and O–H groups in total. The molecule has 1 aliphatic heterocycles. The molecule has 2 aromatic rings. The van der Waals surface area contributed by atoms with Crippen LogP contribution in [0, 0.1) is 11.8 Å². The van der Waals surface area contributed by atoms with Gasteiger partial charge in [0.05, 0.1) is 18.3 Å². The lowest BCUT2D eigenvalue weighted by Crippen LogP contribution is -2.22. The molecule has 2 fully saturated rings. The Balaban J connectivity index is 1.44. The van der Waals surface area contributed by atoms with E-state index in [0.29, 0.717) is 12.1 Å². The molecule has 3 heterocycles. The minimum atomic E-state index is 0.604. The quantitative estimate of drug-likeness (QED) is 0.805. The third-order valence-corrected chi connectivity index (χ3v) is 4.75. The molecule has 108 valence electrons. The predicted octanol–water partition coefficient (Wildman–Crippen LogP) is 1.99. The number of hydrogen-bond acceptors (Lipinski definition) is 4. The average Bonchev–Trinajstić information content (AvgIpc) is 3.05. The minimum Gasteiger partial charge on any atom is -0.356 e. The molecule has 1 aliphatic carbocycles. The lowest BCUT2D eigenvalue weighted by Gasteiger charge is -2.27. The Morgan fingerprint density at radius 2 is 2.00 bits per heavy atom. The Bertz CT molecular complexity index is 637. The van der Waals surface area contributed by atoms with Crippen molar-refractivity contribution in [2.45, 2.75) is 19.4 Å². The van der Waals surface area contributed by atoms with E-state index in [4.69, 9.17) is 0 Å². The normalized spacial score (nSPS) is 23.7.